The van der Waals surface area contributed by atoms with Crippen molar-refractivity contribution < 1.29 is 8.42 Å². The molecular formula is C13H19BrN2O2S. The van der Waals surface area contributed by atoms with Crippen LogP contribution in [0.2, 0.25) is 0 Å². The third kappa shape index (κ3) is 2.80. The Bertz CT molecular complexity index is 564. The van der Waals surface area contributed by atoms with Crippen LogP contribution < -0.4 is 5.73 Å². The van der Waals surface area contributed by atoms with Crippen molar-refractivity contribution in [3.8, 4) is 0 Å². The van der Waals surface area contributed by atoms with Gasteiger partial charge < -0.3 is 5.73 Å². The summed E-state index contributed by atoms with van der Waals surface area (Å²) >= 11 is 3.31. The number of nitrogens with two attached hydrogens (primary N) is 1. The lowest BCUT2D eigenvalue weighted by molar-refractivity contribution is 0.204. The highest BCUT2D eigenvalue weighted by atomic mass is 79.9. The zero-order chi connectivity index (χ0) is 14.2. The first-order chi connectivity index (χ1) is 8.84. The minimum absolute atomic E-state index is 0.0297. The highest BCUT2D eigenvalue weighted by Gasteiger charge is 2.36. The average molecular weight is 347 g/mol. The van der Waals surface area contributed by atoms with Crippen molar-refractivity contribution in [2.45, 2.75) is 50.1 Å². The standard InChI is InChI=1S/C13H19BrN2O2S/c1-9-4-3-5-10(2)16(9)19(17,18)13-8-11(15)6-7-12(13)14/h6-10H,3-5,15H2,1-2H3. The molecule has 1 fully saturated rings. The summed E-state index contributed by atoms with van der Waals surface area (Å²) in [6.07, 6.45) is 2.89. The van der Waals surface area contributed by atoms with Gasteiger partial charge in [0.25, 0.3) is 0 Å². The Kier molecular flexibility index (Phi) is 4.23. The van der Waals surface area contributed by atoms with E-state index >= 15 is 0 Å². The molecule has 0 radical (unpaired) electrons. The van der Waals surface area contributed by atoms with Crippen molar-refractivity contribution in [3.05, 3.63) is 22.7 Å². The molecule has 0 bridgehead atoms. The van der Waals surface area contributed by atoms with E-state index in [9.17, 15) is 8.42 Å². The molecule has 1 saturated heterocycles. The molecule has 106 valence electrons. The molecule has 1 heterocycles. The van der Waals surface area contributed by atoms with Crippen LogP contribution in [0.25, 0.3) is 0 Å². The molecule has 1 aliphatic rings. The largest absolute Gasteiger partial charge is 0.399 e. The lowest BCUT2D eigenvalue weighted by Crippen LogP contribution is -2.47. The molecule has 6 heteroatoms. The summed E-state index contributed by atoms with van der Waals surface area (Å²) in [7, 11) is -3.51. The Morgan fingerprint density at radius 1 is 1.26 bits per heavy atom. The van der Waals surface area contributed by atoms with E-state index in [0.717, 1.165) is 19.3 Å². The van der Waals surface area contributed by atoms with Crippen molar-refractivity contribution in [2.75, 3.05) is 5.73 Å². The molecule has 2 N–H and O–H groups in total. The van der Waals surface area contributed by atoms with Gasteiger partial charge in [0, 0.05) is 22.2 Å². The number of benzene rings is 1. The quantitative estimate of drug-likeness (QED) is 0.837. The summed E-state index contributed by atoms with van der Waals surface area (Å²) in [5.41, 5.74) is 6.18. The van der Waals surface area contributed by atoms with E-state index in [1.807, 2.05) is 13.8 Å². The van der Waals surface area contributed by atoms with Gasteiger partial charge in [-0.05, 0) is 60.8 Å². The Morgan fingerprint density at radius 2 is 1.84 bits per heavy atom. The smallest absolute Gasteiger partial charge is 0.244 e. The third-order valence-electron chi connectivity index (χ3n) is 3.62. The molecule has 2 unspecified atom stereocenters. The molecule has 0 saturated carbocycles. The molecule has 19 heavy (non-hydrogen) atoms. The van der Waals surface area contributed by atoms with Crippen LogP contribution in [0.4, 0.5) is 5.69 Å². The topological polar surface area (TPSA) is 63.4 Å². The van der Waals surface area contributed by atoms with Crippen LogP contribution in [0, 0.1) is 0 Å². The third-order valence-corrected chi connectivity index (χ3v) is 6.75. The SMILES string of the molecule is CC1CCCC(C)N1S(=O)(=O)c1cc(N)ccc1Br. The van der Waals surface area contributed by atoms with Crippen molar-refractivity contribution in [3.63, 3.8) is 0 Å². The van der Waals surface area contributed by atoms with E-state index in [-0.39, 0.29) is 17.0 Å². The zero-order valence-electron chi connectivity index (χ0n) is 11.1. The summed E-state index contributed by atoms with van der Waals surface area (Å²) in [4.78, 5) is 0.258. The number of piperidine rings is 1. The van der Waals surface area contributed by atoms with Gasteiger partial charge in [-0.2, -0.15) is 4.31 Å². The molecular weight excluding hydrogens is 328 g/mol. The van der Waals surface area contributed by atoms with Crippen LogP contribution in [0.3, 0.4) is 0 Å². The minimum Gasteiger partial charge on any atom is -0.399 e. The summed E-state index contributed by atoms with van der Waals surface area (Å²) in [6.45, 7) is 3.93. The van der Waals surface area contributed by atoms with E-state index in [2.05, 4.69) is 15.9 Å². The normalized spacial score (nSPS) is 25.4. The van der Waals surface area contributed by atoms with Crippen LogP contribution >= 0.6 is 15.9 Å². The number of sulfonamides is 1. The molecule has 0 amide bonds. The highest BCUT2D eigenvalue weighted by Crippen LogP contribution is 2.33. The number of nitrogen functional groups attached to an aromatic ring is 1. The van der Waals surface area contributed by atoms with Gasteiger partial charge in [-0.15, -0.1) is 0 Å². The van der Waals surface area contributed by atoms with Crippen molar-refractivity contribution in [1.29, 1.82) is 0 Å². The molecule has 2 rings (SSSR count). The van der Waals surface area contributed by atoms with Crippen molar-refractivity contribution in [2.24, 2.45) is 0 Å². The Morgan fingerprint density at radius 3 is 2.42 bits per heavy atom. The number of rotatable bonds is 2. The predicted octanol–water partition coefficient (Wildman–Crippen LogP) is 2.98. The summed E-state index contributed by atoms with van der Waals surface area (Å²) < 4.78 is 27.8. The minimum atomic E-state index is -3.51. The lowest BCUT2D eigenvalue weighted by Gasteiger charge is -2.37. The maximum Gasteiger partial charge on any atom is 0.244 e. The molecule has 0 aromatic heterocycles. The average Bonchev–Trinajstić information content (AvgIpc) is 2.31. The van der Waals surface area contributed by atoms with Gasteiger partial charge in [0.15, 0.2) is 0 Å². The maximum absolute atomic E-state index is 12.8. The number of hydrogen-bond acceptors (Lipinski definition) is 3. The summed E-state index contributed by atoms with van der Waals surface area (Å²) in [5, 5.41) is 0. The van der Waals surface area contributed by atoms with Crippen LogP contribution in [0.15, 0.2) is 27.6 Å². The van der Waals surface area contributed by atoms with E-state index in [4.69, 9.17) is 5.73 Å². The summed E-state index contributed by atoms with van der Waals surface area (Å²) in [6, 6.07) is 4.95. The van der Waals surface area contributed by atoms with E-state index < -0.39 is 10.0 Å². The first kappa shape index (κ1) is 14.8. The Hall–Kier alpha value is -0.590. The number of nitrogens with zero attached hydrogens (tertiary/aromatic N) is 1. The van der Waals surface area contributed by atoms with Crippen LogP contribution in [-0.4, -0.2) is 24.8 Å². The molecule has 1 aromatic rings. The van der Waals surface area contributed by atoms with Gasteiger partial charge in [-0.25, -0.2) is 8.42 Å². The van der Waals surface area contributed by atoms with Gasteiger partial charge >= 0.3 is 0 Å². The van der Waals surface area contributed by atoms with Crippen LogP contribution in [0.1, 0.15) is 33.1 Å². The Balaban J connectivity index is 2.49. The highest BCUT2D eigenvalue weighted by molar-refractivity contribution is 9.10. The second-order valence-corrected chi connectivity index (χ2v) is 7.82. The number of halogens is 1. The molecule has 1 aromatic carbocycles. The van der Waals surface area contributed by atoms with E-state index in [1.165, 1.54) is 6.07 Å². The number of anilines is 1. The lowest BCUT2D eigenvalue weighted by atomic mass is 10.0. The first-order valence-electron chi connectivity index (χ1n) is 6.42. The second kappa shape index (κ2) is 5.42. The monoisotopic (exact) mass is 346 g/mol. The van der Waals surface area contributed by atoms with Gasteiger partial charge in [0.05, 0.1) is 4.90 Å². The summed E-state index contributed by atoms with van der Waals surface area (Å²) in [5.74, 6) is 0. The fourth-order valence-electron chi connectivity index (χ4n) is 2.70. The van der Waals surface area contributed by atoms with E-state index in [1.54, 1.807) is 16.4 Å². The fraction of sp³-hybridized carbons (Fsp3) is 0.538. The molecule has 2 atom stereocenters. The van der Waals surface area contributed by atoms with Gasteiger partial charge in [-0.3, -0.25) is 0 Å². The van der Waals surface area contributed by atoms with Gasteiger partial charge in [0.1, 0.15) is 0 Å². The van der Waals surface area contributed by atoms with E-state index in [0.29, 0.717) is 10.2 Å². The fourth-order valence-corrected chi connectivity index (χ4v) is 5.55. The second-order valence-electron chi connectivity index (χ2n) is 5.15. The van der Waals surface area contributed by atoms with Crippen LogP contribution in [0.5, 0.6) is 0 Å². The molecule has 0 aliphatic carbocycles. The Labute approximate surface area is 123 Å². The predicted molar refractivity (Wildman–Crippen MR) is 80.4 cm³/mol. The van der Waals surface area contributed by atoms with Gasteiger partial charge in [0.2, 0.25) is 10.0 Å². The van der Waals surface area contributed by atoms with Crippen LogP contribution in [-0.2, 0) is 10.0 Å². The maximum atomic E-state index is 12.8. The van der Waals surface area contributed by atoms with Crippen molar-refractivity contribution >= 4 is 31.6 Å². The zero-order valence-corrected chi connectivity index (χ0v) is 13.5. The molecule has 4 nitrogen and oxygen atoms in total. The molecule has 0 spiro atoms. The first-order valence-corrected chi connectivity index (χ1v) is 8.66. The van der Waals surface area contributed by atoms with Crippen molar-refractivity contribution in [1.82, 2.24) is 4.31 Å². The molecule has 1 aliphatic heterocycles. The number of hydrogen-bond donors (Lipinski definition) is 1. The van der Waals surface area contributed by atoms with Gasteiger partial charge in [-0.1, -0.05) is 6.42 Å².